The lowest BCUT2D eigenvalue weighted by molar-refractivity contribution is -0.671. The summed E-state index contributed by atoms with van der Waals surface area (Å²) in [7, 11) is -2.43. The van der Waals surface area contributed by atoms with Crippen LogP contribution >= 0.6 is 0 Å². The highest BCUT2D eigenvalue weighted by Gasteiger charge is 2.07. The highest BCUT2D eigenvalue weighted by molar-refractivity contribution is 7.80. The summed E-state index contributed by atoms with van der Waals surface area (Å²) in [6.07, 6.45) is 24.4. The largest absolute Gasteiger partial charge is 0.726 e. The summed E-state index contributed by atoms with van der Waals surface area (Å²) < 4.78 is 39.0. The molecule has 1 unspecified atom stereocenters. The van der Waals surface area contributed by atoms with E-state index in [1.54, 1.807) is 0 Å². The molecule has 31 heavy (non-hydrogen) atoms. The number of rotatable bonds is 18. The van der Waals surface area contributed by atoms with Gasteiger partial charge in [0.1, 0.15) is 12.4 Å². The lowest BCUT2D eigenvalue weighted by Gasteiger charge is -2.15. The molecule has 0 radical (unpaired) electrons. The lowest BCUT2D eigenvalue weighted by atomic mass is 10.0. The van der Waals surface area contributed by atoms with E-state index in [-0.39, 0.29) is 12.5 Å². The Morgan fingerprint density at radius 2 is 1.45 bits per heavy atom. The first-order chi connectivity index (χ1) is 14.8. The standard InChI is InChI=1S/C16H31N2.C8H18O4S/c1-3-4-5-6-7-8-9-10-11-12-13-18-15-14-17(2)16-18;1-3-5-6-8(4-2)7-12-13(9,10)11/h14-16H,3-13H2,1-2H3;8H,3-7H2,1-2H3,(H,9,10,11)/q+1;/p-1. The Morgan fingerprint density at radius 3 is 1.90 bits per heavy atom. The molecular weight excluding hydrogens is 412 g/mol. The second-order valence-electron chi connectivity index (χ2n) is 8.61. The third-order valence-corrected chi connectivity index (χ3v) is 6.01. The Labute approximate surface area is 192 Å². The second-order valence-corrected chi connectivity index (χ2v) is 9.66. The van der Waals surface area contributed by atoms with Gasteiger partial charge < -0.3 is 4.55 Å². The van der Waals surface area contributed by atoms with Crippen LogP contribution in [0, 0.1) is 5.92 Å². The number of aryl methyl sites for hydroxylation is 2. The van der Waals surface area contributed by atoms with Gasteiger partial charge in [0.25, 0.3) is 0 Å². The van der Waals surface area contributed by atoms with Gasteiger partial charge in [0.05, 0.1) is 20.2 Å². The van der Waals surface area contributed by atoms with Crippen LogP contribution in [0.3, 0.4) is 0 Å². The summed E-state index contributed by atoms with van der Waals surface area (Å²) in [5, 5.41) is 0. The van der Waals surface area contributed by atoms with E-state index in [0.29, 0.717) is 0 Å². The molecule has 1 aromatic heterocycles. The van der Waals surface area contributed by atoms with E-state index < -0.39 is 10.4 Å². The van der Waals surface area contributed by atoms with Crippen LogP contribution in [-0.4, -0.2) is 24.1 Å². The number of nitrogens with zero attached hydrogens (tertiary/aromatic N) is 2. The predicted molar refractivity (Wildman–Crippen MR) is 126 cm³/mol. The molecule has 6 nitrogen and oxygen atoms in total. The molecule has 1 heterocycles. The van der Waals surface area contributed by atoms with Gasteiger partial charge in [-0.1, -0.05) is 91.4 Å². The van der Waals surface area contributed by atoms with Crippen molar-refractivity contribution in [2.75, 3.05) is 6.61 Å². The smallest absolute Gasteiger partial charge is 0.243 e. The van der Waals surface area contributed by atoms with Crippen molar-refractivity contribution in [1.29, 1.82) is 0 Å². The summed E-state index contributed by atoms with van der Waals surface area (Å²) in [4.78, 5) is 0. The minimum absolute atomic E-state index is 0.0301. The average Bonchev–Trinajstić information content (AvgIpc) is 3.14. The average molecular weight is 461 g/mol. The van der Waals surface area contributed by atoms with Gasteiger partial charge in [-0.15, -0.1) is 0 Å². The third kappa shape index (κ3) is 20.7. The van der Waals surface area contributed by atoms with Gasteiger partial charge in [0, 0.05) is 0 Å². The van der Waals surface area contributed by atoms with Gasteiger partial charge >= 0.3 is 0 Å². The summed E-state index contributed by atoms with van der Waals surface area (Å²) in [6.45, 7) is 7.52. The van der Waals surface area contributed by atoms with E-state index in [0.717, 1.165) is 25.7 Å². The van der Waals surface area contributed by atoms with Gasteiger partial charge in [0.2, 0.25) is 16.7 Å². The monoisotopic (exact) mass is 460 g/mol. The summed E-state index contributed by atoms with van der Waals surface area (Å²) in [5.41, 5.74) is 0. The minimum atomic E-state index is -4.50. The van der Waals surface area contributed by atoms with E-state index >= 15 is 0 Å². The first kappa shape index (κ1) is 30.1. The van der Waals surface area contributed by atoms with Crippen LogP contribution in [0.2, 0.25) is 0 Å². The molecule has 184 valence electrons. The number of imidazole rings is 1. The van der Waals surface area contributed by atoms with Crippen LogP contribution < -0.4 is 4.57 Å². The molecule has 0 saturated carbocycles. The number of aromatic nitrogens is 2. The Hall–Kier alpha value is -0.920. The molecule has 1 rings (SSSR count). The first-order valence-corrected chi connectivity index (χ1v) is 13.8. The van der Waals surface area contributed by atoms with Crippen molar-refractivity contribution in [1.82, 2.24) is 4.57 Å². The molecule has 0 aliphatic heterocycles. The number of unbranched alkanes of at least 4 members (excludes halogenated alkanes) is 10. The molecule has 1 aromatic rings. The van der Waals surface area contributed by atoms with Gasteiger partial charge in [-0.05, 0) is 25.2 Å². The Morgan fingerprint density at radius 1 is 0.903 bits per heavy atom. The molecule has 0 amide bonds. The molecule has 0 aromatic carbocycles. The minimum Gasteiger partial charge on any atom is -0.726 e. The van der Waals surface area contributed by atoms with Crippen LogP contribution in [0.5, 0.6) is 0 Å². The van der Waals surface area contributed by atoms with Crippen LogP contribution in [0.1, 0.15) is 111 Å². The quantitative estimate of drug-likeness (QED) is 0.118. The molecule has 0 N–H and O–H groups in total. The third-order valence-electron chi connectivity index (χ3n) is 5.58. The SMILES string of the molecule is CCCCC(CC)COS(=O)(=O)[O-].CCCCCCCCCCCCn1cc[n+](C)c1. The normalized spacial score (nSPS) is 12.4. The number of hydrogen-bond acceptors (Lipinski definition) is 4. The molecule has 0 fully saturated rings. The van der Waals surface area contributed by atoms with E-state index in [9.17, 15) is 13.0 Å². The van der Waals surface area contributed by atoms with Crippen molar-refractivity contribution < 1.29 is 21.7 Å². The summed E-state index contributed by atoms with van der Waals surface area (Å²) in [6, 6.07) is 0. The van der Waals surface area contributed by atoms with Gasteiger partial charge in [-0.2, -0.15) is 0 Å². The van der Waals surface area contributed by atoms with E-state index in [4.69, 9.17) is 0 Å². The predicted octanol–water partition coefficient (Wildman–Crippen LogP) is 5.91. The van der Waals surface area contributed by atoms with Crippen LogP contribution in [0.4, 0.5) is 0 Å². The fourth-order valence-electron chi connectivity index (χ4n) is 3.49. The van der Waals surface area contributed by atoms with E-state index in [1.807, 2.05) is 6.92 Å². The second kappa shape index (κ2) is 19.7. The van der Waals surface area contributed by atoms with Gasteiger partial charge in [-0.25, -0.2) is 17.6 Å². The zero-order chi connectivity index (χ0) is 23.4. The van der Waals surface area contributed by atoms with Crippen molar-refractivity contribution in [3.8, 4) is 0 Å². The zero-order valence-electron chi connectivity index (χ0n) is 20.6. The van der Waals surface area contributed by atoms with Crippen molar-refractivity contribution in [3.63, 3.8) is 0 Å². The molecule has 0 saturated heterocycles. The van der Waals surface area contributed by atoms with Crippen LogP contribution in [-0.2, 0) is 28.2 Å². The van der Waals surface area contributed by atoms with Crippen molar-refractivity contribution >= 4 is 10.4 Å². The lowest BCUT2D eigenvalue weighted by Crippen LogP contribution is -2.23. The Balaban J connectivity index is 0.000000615. The van der Waals surface area contributed by atoms with E-state index in [1.165, 1.54) is 70.8 Å². The fourth-order valence-corrected chi connectivity index (χ4v) is 3.85. The van der Waals surface area contributed by atoms with Crippen molar-refractivity contribution in [2.45, 2.75) is 117 Å². The maximum absolute atomic E-state index is 10.1. The maximum atomic E-state index is 10.1. The van der Waals surface area contributed by atoms with Crippen molar-refractivity contribution in [2.24, 2.45) is 13.0 Å². The van der Waals surface area contributed by atoms with Gasteiger partial charge in [-0.3, -0.25) is 4.18 Å². The molecular formula is C24H48N2O4S. The molecule has 0 spiro atoms. The number of hydrogen-bond donors (Lipinski definition) is 0. The Kier molecular flexibility index (Phi) is 19.2. The molecule has 0 aliphatic rings. The molecule has 0 bridgehead atoms. The fraction of sp³-hybridized carbons (Fsp3) is 0.875. The molecule has 7 heteroatoms. The highest BCUT2D eigenvalue weighted by atomic mass is 32.3. The summed E-state index contributed by atoms with van der Waals surface area (Å²) in [5.74, 6) is 0.184. The van der Waals surface area contributed by atoms with Crippen LogP contribution in [0.25, 0.3) is 0 Å². The van der Waals surface area contributed by atoms with Crippen molar-refractivity contribution in [3.05, 3.63) is 18.7 Å². The van der Waals surface area contributed by atoms with Gasteiger partial charge in [0.15, 0.2) is 0 Å². The Bertz CT molecular complexity index is 617. The van der Waals surface area contributed by atoms with E-state index in [2.05, 4.69) is 52.9 Å². The molecule has 1 atom stereocenters. The maximum Gasteiger partial charge on any atom is 0.243 e. The zero-order valence-corrected chi connectivity index (χ0v) is 21.4. The molecule has 0 aliphatic carbocycles. The topological polar surface area (TPSA) is 75.2 Å². The van der Waals surface area contributed by atoms with Crippen LogP contribution in [0.15, 0.2) is 18.7 Å². The first-order valence-electron chi connectivity index (χ1n) is 12.4. The highest BCUT2D eigenvalue weighted by Crippen LogP contribution is 2.13. The summed E-state index contributed by atoms with van der Waals surface area (Å²) >= 11 is 0.